The maximum Gasteiger partial charge on any atom is 0.229 e. The Morgan fingerprint density at radius 3 is 2.59 bits per heavy atom. The second-order valence-electron chi connectivity index (χ2n) is 8.14. The first-order chi connectivity index (χ1) is 15.7. The number of fused-ring (bicyclic) bond motifs is 2. The van der Waals surface area contributed by atoms with Gasteiger partial charge in [-0.05, 0) is 43.3 Å². The average molecular weight is 423 g/mol. The Bertz CT molecular complexity index is 1430. The van der Waals surface area contributed by atoms with Crippen molar-refractivity contribution in [3.63, 3.8) is 0 Å². The van der Waals surface area contributed by atoms with Crippen LogP contribution >= 0.6 is 0 Å². The van der Waals surface area contributed by atoms with Crippen LogP contribution in [0.5, 0.6) is 0 Å². The Hall–Kier alpha value is -4.13. The first-order valence-corrected chi connectivity index (χ1v) is 10.6. The van der Waals surface area contributed by atoms with Gasteiger partial charge in [-0.1, -0.05) is 35.0 Å². The van der Waals surface area contributed by atoms with Gasteiger partial charge in [-0.2, -0.15) is 5.10 Å². The zero-order valence-corrected chi connectivity index (χ0v) is 17.6. The zero-order chi connectivity index (χ0) is 21.7. The highest BCUT2D eigenvalue weighted by molar-refractivity contribution is 5.86. The summed E-state index contributed by atoms with van der Waals surface area (Å²) in [7, 11) is 0. The minimum atomic E-state index is 0.0161. The summed E-state index contributed by atoms with van der Waals surface area (Å²) >= 11 is 0. The van der Waals surface area contributed by atoms with E-state index in [9.17, 15) is 4.79 Å². The summed E-state index contributed by atoms with van der Waals surface area (Å²) in [5.74, 6) is 0.985. The minimum Gasteiger partial charge on any atom is -0.356 e. The Balaban J connectivity index is 1.32. The van der Waals surface area contributed by atoms with Gasteiger partial charge in [0.1, 0.15) is 11.5 Å². The number of amides is 1. The van der Waals surface area contributed by atoms with E-state index >= 15 is 0 Å². The molecule has 1 aliphatic heterocycles. The molecule has 0 N–H and O–H groups in total. The molecule has 2 aromatic carbocycles. The SMILES string of the molecule is Cc1ccc(-n2nc3c(c2-n2cccc2)CN(C(=O)Cc2noc4ccccc24)C3)cc1. The van der Waals surface area contributed by atoms with E-state index in [2.05, 4.69) is 40.9 Å². The molecular weight excluding hydrogens is 402 g/mol. The lowest BCUT2D eigenvalue weighted by Crippen LogP contribution is -2.28. The second-order valence-corrected chi connectivity index (χ2v) is 8.14. The molecule has 1 amide bonds. The zero-order valence-electron chi connectivity index (χ0n) is 17.6. The lowest BCUT2D eigenvalue weighted by atomic mass is 10.1. The summed E-state index contributed by atoms with van der Waals surface area (Å²) in [4.78, 5) is 15.0. The van der Waals surface area contributed by atoms with Crippen molar-refractivity contribution in [3.05, 3.63) is 95.6 Å². The third-order valence-electron chi connectivity index (χ3n) is 5.98. The van der Waals surface area contributed by atoms with Gasteiger partial charge in [-0.3, -0.25) is 4.79 Å². The van der Waals surface area contributed by atoms with Crippen molar-refractivity contribution in [1.82, 2.24) is 24.4 Å². The number of rotatable bonds is 4. The van der Waals surface area contributed by atoms with Gasteiger partial charge in [-0.15, -0.1) is 0 Å². The van der Waals surface area contributed by atoms with Crippen LogP contribution in [0.15, 0.2) is 77.6 Å². The van der Waals surface area contributed by atoms with E-state index in [0.717, 1.165) is 28.1 Å². The van der Waals surface area contributed by atoms with E-state index in [1.165, 1.54) is 5.56 Å². The van der Waals surface area contributed by atoms with Crippen LogP contribution in [0.4, 0.5) is 0 Å². The highest BCUT2D eigenvalue weighted by Crippen LogP contribution is 2.31. The number of hydrogen-bond donors (Lipinski definition) is 0. The summed E-state index contributed by atoms with van der Waals surface area (Å²) in [5, 5.41) is 9.89. The van der Waals surface area contributed by atoms with Crippen molar-refractivity contribution in [2.45, 2.75) is 26.4 Å². The first kappa shape index (κ1) is 18.6. The van der Waals surface area contributed by atoms with Crippen LogP contribution in [0.3, 0.4) is 0 Å². The van der Waals surface area contributed by atoms with Gasteiger partial charge >= 0.3 is 0 Å². The molecule has 0 spiro atoms. The molecule has 7 heteroatoms. The van der Waals surface area contributed by atoms with Crippen molar-refractivity contribution in [2.75, 3.05) is 0 Å². The summed E-state index contributed by atoms with van der Waals surface area (Å²) in [6.07, 6.45) is 4.22. The number of nitrogens with zero attached hydrogens (tertiary/aromatic N) is 5. The van der Waals surface area contributed by atoms with Gasteiger partial charge in [0.25, 0.3) is 0 Å². The number of aromatic nitrogens is 4. The fraction of sp³-hybridized carbons (Fsp3) is 0.160. The lowest BCUT2D eigenvalue weighted by Gasteiger charge is -2.17. The molecule has 0 saturated heterocycles. The molecule has 0 saturated carbocycles. The van der Waals surface area contributed by atoms with E-state index in [1.54, 1.807) is 0 Å². The highest BCUT2D eigenvalue weighted by atomic mass is 16.5. The predicted octanol–water partition coefficient (Wildman–Crippen LogP) is 4.20. The fourth-order valence-corrected chi connectivity index (χ4v) is 4.31. The molecule has 7 nitrogen and oxygen atoms in total. The standard InChI is InChI=1S/C25H21N5O2/c1-17-8-10-18(11-9-17)30-25(28-12-4-5-13-28)20-15-29(16-22(20)26-30)24(31)14-21-19-6-2-3-7-23(19)32-27-21/h2-13H,14-16H2,1H3. The Labute approximate surface area is 184 Å². The molecule has 32 heavy (non-hydrogen) atoms. The third kappa shape index (κ3) is 3.01. The monoisotopic (exact) mass is 423 g/mol. The number of para-hydroxylation sites is 1. The summed E-state index contributed by atoms with van der Waals surface area (Å²) in [6.45, 7) is 3.07. The fourth-order valence-electron chi connectivity index (χ4n) is 4.31. The molecule has 0 bridgehead atoms. The smallest absolute Gasteiger partial charge is 0.229 e. The van der Waals surface area contributed by atoms with Crippen LogP contribution in [-0.2, 0) is 24.3 Å². The van der Waals surface area contributed by atoms with Crippen LogP contribution in [0, 0.1) is 6.92 Å². The maximum atomic E-state index is 13.1. The molecule has 6 rings (SSSR count). The average Bonchev–Trinajstić information content (AvgIpc) is 3.58. The van der Waals surface area contributed by atoms with Crippen LogP contribution < -0.4 is 0 Å². The molecule has 0 unspecified atom stereocenters. The van der Waals surface area contributed by atoms with E-state index < -0.39 is 0 Å². The summed E-state index contributed by atoms with van der Waals surface area (Å²) < 4.78 is 9.39. The van der Waals surface area contributed by atoms with Crippen molar-refractivity contribution < 1.29 is 9.32 Å². The molecule has 5 aromatic rings. The van der Waals surface area contributed by atoms with Crippen molar-refractivity contribution >= 4 is 16.9 Å². The molecule has 158 valence electrons. The van der Waals surface area contributed by atoms with Gasteiger partial charge in [0.05, 0.1) is 30.9 Å². The number of carbonyl (C=O) groups is 1. The number of benzene rings is 2. The number of aryl methyl sites for hydroxylation is 1. The molecule has 0 fully saturated rings. The topological polar surface area (TPSA) is 69.1 Å². The molecule has 1 aliphatic rings. The van der Waals surface area contributed by atoms with Gasteiger partial charge in [0.15, 0.2) is 5.58 Å². The second kappa shape index (κ2) is 7.23. The van der Waals surface area contributed by atoms with Crippen molar-refractivity contribution in [1.29, 1.82) is 0 Å². The van der Waals surface area contributed by atoms with Crippen LogP contribution in [-0.4, -0.2) is 30.3 Å². The molecule has 4 heterocycles. The quantitative estimate of drug-likeness (QED) is 0.435. The van der Waals surface area contributed by atoms with Crippen LogP contribution in [0.1, 0.15) is 22.5 Å². The van der Waals surface area contributed by atoms with Crippen molar-refractivity contribution in [2.24, 2.45) is 0 Å². The van der Waals surface area contributed by atoms with Gasteiger partial charge in [0, 0.05) is 23.3 Å². The number of carbonyl (C=O) groups excluding carboxylic acids is 1. The molecule has 0 aliphatic carbocycles. The van der Waals surface area contributed by atoms with E-state index in [-0.39, 0.29) is 12.3 Å². The van der Waals surface area contributed by atoms with E-state index in [1.807, 2.05) is 58.4 Å². The predicted molar refractivity (Wildman–Crippen MR) is 120 cm³/mol. The van der Waals surface area contributed by atoms with E-state index in [4.69, 9.17) is 9.62 Å². The first-order valence-electron chi connectivity index (χ1n) is 10.6. The molecule has 3 aromatic heterocycles. The largest absolute Gasteiger partial charge is 0.356 e. The van der Waals surface area contributed by atoms with Crippen molar-refractivity contribution in [3.8, 4) is 11.5 Å². The Morgan fingerprint density at radius 2 is 1.78 bits per heavy atom. The van der Waals surface area contributed by atoms with Gasteiger partial charge in [0.2, 0.25) is 5.91 Å². The third-order valence-corrected chi connectivity index (χ3v) is 5.98. The number of hydrogen-bond acceptors (Lipinski definition) is 4. The van der Waals surface area contributed by atoms with Gasteiger partial charge in [-0.25, -0.2) is 4.68 Å². The van der Waals surface area contributed by atoms with Gasteiger partial charge < -0.3 is 14.0 Å². The summed E-state index contributed by atoms with van der Waals surface area (Å²) in [6, 6.07) is 19.9. The summed E-state index contributed by atoms with van der Waals surface area (Å²) in [5.41, 5.74) is 5.57. The molecule has 0 atom stereocenters. The Kier molecular flexibility index (Phi) is 4.21. The molecular formula is C25H21N5O2. The van der Waals surface area contributed by atoms with Crippen LogP contribution in [0.2, 0.25) is 0 Å². The molecule has 0 radical (unpaired) electrons. The van der Waals surface area contributed by atoms with Crippen LogP contribution in [0.25, 0.3) is 22.5 Å². The minimum absolute atomic E-state index is 0.0161. The van der Waals surface area contributed by atoms with E-state index in [0.29, 0.717) is 24.4 Å². The lowest BCUT2D eigenvalue weighted by molar-refractivity contribution is -0.131. The maximum absolute atomic E-state index is 13.1. The normalized spacial score (nSPS) is 13.1. The Morgan fingerprint density at radius 1 is 1.00 bits per heavy atom. The highest BCUT2D eigenvalue weighted by Gasteiger charge is 2.31.